The zero-order valence-corrected chi connectivity index (χ0v) is 13.6. The molecule has 3 aromatic carbocycles. The van der Waals surface area contributed by atoms with Crippen LogP contribution in [0.4, 0.5) is 17.1 Å². The molecule has 0 unspecified atom stereocenters. The summed E-state index contributed by atoms with van der Waals surface area (Å²) in [5.74, 6) is -1.33. The molecular weight excluding hydrogens is 354 g/mol. The number of benzene rings is 3. The standard InChI is InChI=1S/C18H11N3O6/c22-17-12-5-1-3-10-4-2-6-13(16(10)12)18(23)19(17)14-8-7-11(20(24)25)9-15(14)21(26)27/h1-9,26-27H/q-2. The zero-order chi connectivity index (χ0) is 19.3. The minimum absolute atomic E-state index is 0.188. The van der Waals surface area contributed by atoms with Gasteiger partial charge in [0.2, 0.25) is 0 Å². The van der Waals surface area contributed by atoms with Crippen molar-refractivity contribution in [2.45, 2.75) is 0 Å². The molecule has 9 nitrogen and oxygen atoms in total. The van der Waals surface area contributed by atoms with Crippen LogP contribution in [0.3, 0.4) is 0 Å². The lowest BCUT2D eigenvalue weighted by Crippen LogP contribution is -2.41. The van der Waals surface area contributed by atoms with Crippen LogP contribution in [-0.2, 0) is 0 Å². The van der Waals surface area contributed by atoms with E-state index in [2.05, 4.69) is 0 Å². The predicted molar refractivity (Wildman–Crippen MR) is 96.8 cm³/mol. The van der Waals surface area contributed by atoms with Gasteiger partial charge in [-0.15, -0.1) is 5.23 Å². The summed E-state index contributed by atoms with van der Waals surface area (Å²) in [6.07, 6.45) is 0. The number of carbonyl (C=O) groups excluding carboxylic acids is 2. The van der Waals surface area contributed by atoms with E-state index in [0.717, 1.165) is 28.5 Å². The third-order valence-electron chi connectivity index (χ3n) is 4.40. The molecule has 3 aromatic rings. The van der Waals surface area contributed by atoms with E-state index in [0.29, 0.717) is 5.39 Å². The largest absolute Gasteiger partial charge is 0.769 e. The fourth-order valence-corrected chi connectivity index (χ4v) is 3.22. The zero-order valence-electron chi connectivity index (χ0n) is 13.6. The van der Waals surface area contributed by atoms with Crippen LogP contribution in [0.5, 0.6) is 0 Å². The maximum absolute atomic E-state index is 13.0. The normalized spacial score (nSPS) is 13.3. The monoisotopic (exact) mass is 365 g/mol. The van der Waals surface area contributed by atoms with Crippen LogP contribution in [-0.4, -0.2) is 22.2 Å². The molecule has 0 fully saturated rings. The molecule has 0 radical (unpaired) electrons. The Morgan fingerprint density at radius 3 is 1.96 bits per heavy atom. The second-order valence-corrected chi connectivity index (χ2v) is 5.87. The van der Waals surface area contributed by atoms with Crippen molar-refractivity contribution in [3.8, 4) is 0 Å². The van der Waals surface area contributed by atoms with Gasteiger partial charge in [0.1, 0.15) is 5.69 Å². The number of hydrogen-bond acceptors (Lipinski definition) is 8. The van der Waals surface area contributed by atoms with Gasteiger partial charge in [0.25, 0.3) is 11.8 Å². The SMILES string of the molecule is O=C1c2cccc3cccc(c23)C(=O)N1c1ccc(N([O-])[O-])cc1N(O)O. The molecule has 27 heavy (non-hydrogen) atoms. The summed E-state index contributed by atoms with van der Waals surface area (Å²) in [6.45, 7) is 0. The second kappa shape index (κ2) is 6.04. The first-order chi connectivity index (χ1) is 12.9. The molecule has 9 heteroatoms. The lowest BCUT2D eigenvalue weighted by molar-refractivity contribution is 0.0295. The average molecular weight is 365 g/mol. The molecule has 2 amide bonds. The van der Waals surface area contributed by atoms with Crippen molar-refractivity contribution >= 4 is 39.6 Å². The maximum Gasteiger partial charge on any atom is 0.266 e. The first-order valence-corrected chi connectivity index (χ1v) is 7.77. The van der Waals surface area contributed by atoms with Gasteiger partial charge in [-0.05, 0) is 35.7 Å². The summed E-state index contributed by atoms with van der Waals surface area (Å²) in [7, 11) is 0. The lowest BCUT2D eigenvalue weighted by atomic mass is 9.93. The molecule has 0 saturated heterocycles. The van der Waals surface area contributed by atoms with Crippen LogP contribution in [0, 0.1) is 10.4 Å². The Balaban J connectivity index is 1.94. The summed E-state index contributed by atoms with van der Waals surface area (Å²) >= 11 is 0. The Kier molecular flexibility index (Phi) is 3.79. The van der Waals surface area contributed by atoms with Crippen LogP contribution in [0.15, 0.2) is 54.6 Å². The van der Waals surface area contributed by atoms with Crippen molar-refractivity contribution in [2.75, 3.05) is 15.4 Å². The Morgan fingerprint density at radius 2 is 1.44 bits per heavy atom. The van der Waals surface area contributed by atoms with Crippen LogP contribution < -0.4 is 15.4 Å². The van der Waals surface area contributed by atoms with Crippen molar-refractivity contribution in [3.05, 3.63) is 76.1 Å². The van der Waals surface area contributed by atoms with Crippen molar-refractivity contribution < 1.29 is 20.0 Å². The molecule has 0 saturated carbocycles. The highest BCUT2D eigenvalue weighted by atomic mass is 16.8. The second-order valence-electron chi connectivity index (χ2n) is 5.87. The smallest absolute Gasteiger partial charge is 0.266 e. The third-order valence-corrected chi connectivity index (χ3v) is 4.40. The highest BCUT2D eigenvalue weighted by Crippen LogP contribution is 2.38. The van der Waals surface area contributed by atoms with Crippen LogP contribution >= 0.6 is 0 Å². The van der Waals surface area contributed by atoms with Gasteiger partial charge in [-0.1, -0.05) is 24.3 Å². The highest BCUT2D eigenvalue weighted by Gasteiger charge is 2.35. The number of amides is 2. The van der Waals surface area contributed by atoms with Crippen molar-refractivity contribution in [1.29, 1.82) is 0 Å². The average Bonchev–Trinajstić information content (AvgIpc) is 2.66. The van der Waals surface area contributed by atoms with E-state index in [1.807, 2.05) is 0 Å². The Labute approximate surface area is 151 Å². The minimum atomic E-state index is -0.730. The molecular formula is C18H11N3O6-2. The van der Waals surface area contributed by atoms with Crippen LogP contribution in [0.2, 0.25) is 0 Å². The molecule has 0 atom stereocenters. The van der Waals surface area contributed by atoms with Crippen molar-refractivity contribution in [1.82, 2.24) is 0 Å². The fraction of sp³-hybridized carbons (Fsp3) is 0. The summed E-state index contributed by atoms with van der Waals surface area (Å²) in [4.78, 5) is 26.8. The van der Waals surface area contributed by atoms with E-state index in [1.165, 1.54) is 0 Å². The van der Waals surface area contributed by atoms with Crippen LogP contribution in [0.25, 0.3) is 10.8 Å². The molecule has 0 aliphatic carbocycles. The molecule has 0 aromatic heterocycles. The minimum Gasteiger partial charge on any atom is -0.769 e. The van der Waals surface area contributed by atoms with Gasteiger partial charge in [0.15, 0.2) is 0 Å². The van der Waals surface area contributed by atoms with E-state index < -0.39 is 28.4 Å². The Morgan fingerprint density at radius 1 is 0.852 bits per heavy atom. The quantitative estimate of drug-likeness (QED) is 0.535. The summed E-state index contributed by atoms with van der Waals surface area (Å²) < 4.78 is 0. The van der Waals surface area contributed by atoms with Gasteiger partial charge in [-0.25, -0.2) is 4.90 Å². The van der Waals surface area contributed by atoms with Gasteiger partial charge in [0, 0.05) is 22.2 Å². The number of nitrogens with zero attached hydrogens (tertiary/aromatic N) is 3. The van der Waals surface area contributed by atoms with E-state index in [-0.39, 0.29) is 22.0 Å². The number of rotatable bonds is 3. The van der Waals surface area contributed by atoms with Gasteiger partial charge < -0.3 is 15.6 Å². The molecule has 136 valence electrons. The summed E-state index contributed by atoms with van der Waals surface area (Å²) in [5.41, 5.74) is -0.547. The lowest BCUT2D eigenvalue weighted by Gasteiger charge is -2.38. The summed E-state index contributed by atoms with van der Waals surface area (Å²) in [5, 5.41) is 41.0. The Hall–Kier alpha value is -3.50. The van der Waals surface area contributed by atoms with Gasteiger partial charge in [-0.3, -0.25) is 20.0 Å². The molecule has 0 spiro atoms. The van der Waals surface area contributed by atoms with Gasteiger partial charge in [0.05, 0.1) is 5.69 Å². The molecule has 1 heterocycles. The van der Waals surface area contributed by atoms with Gasteiger partial charge in [-0.2, -0.15) is 0 Å². The molecule has 0 bridgehead atoms. The predicted octanol–water partition coefficient (Wildman–Crippen LogP) is 3.03. The topological polar surface area (TPSA) is 130 Å². The first-order valence-electron chi connectivity index (χ1n) is 7.77. The number of imide groups is 1. The van der Waals surface area contributed by atoms with Crippen molar-refractivity contribution in [3.63, 3.8) is 0 Å². The third kappa shape index (κ3) is 2.50. The number of hydrogen-bond donors (Lipinski definition) is 2. The fourth-order valence-electron chi connectivity index (χ4n) is 3.22. The van der Waals surface area contributed by atoms with Crippen LogP contribution in [0.1, 0.15) is 20.7 Å². The van der Waals surface area contributed by atoms with E-state index in [4.69, 9.17) is 0 Å². The van der Waals surface area contributed by atoms with E-state index >= 15 is 0 Å². The van der Waals surface area contributed by atoms with Crippen molar-refractivity contribution in [2.24, 2.45) is 0 Å². The molecule has 2 N–H and O–H groups in total. The number of anilines is 3. The molecule has 4 rings (SSSR count). The first kappa shape index (κ1) is 16.9. The summed E-state index contributed by atoms with van der Waals surface area (Å²) in [6, 6.07) is 13.1. The molecule has 1 aliphatic rings. The van der Waals surface area contributed by atoms with E-state index in [9.17, 15) is 30.4 Å². The Bertz CT molecular complexity index is 1040. The highest BCUT2D eigenvalue weighted by molar-refractivity contribution is 6.36. The maximum atomic E-state index is 13.0. The van der Waals surface area contributed by atoms with E-state index in [1.54, 1.807) is 36.4 Å². The number of carbonyl (C=O) groups is 2. The van der Waals surface area contributed by atoms with Gasteiger partial charge >= 0.3 is 0 Å². The molecule has 1 aliphatic heterocycles.